The SMILES string of the molecule is Cc1cc(C(=O)Nc2cccc(CCC(C)C)c2)c(C)o1. The lowest BCUT2D eigenvalue weighted by Crippen LogP contribution is -2.12. The van der Waals surface area contributed by atoms with Gasteiger partial charge in [0.2, 0.25) is 0 Å². The minimum atomic E-state index is -0.120. The van der Waals surface area contributed by atoms with E-state index in [0.717, 1.165) is 24.3 Å². The normalized spacial score (nSPS) is 10.9. The number of hydrogen-bond donors (Lipinski definition) is 1. The Morgan fingerprint density at radius 2 is 2.00 bits per heavy atom. The second-order valence-corrected chi connectivity index (χ2v) is 5.91. The van der Waals surface area contributed by atoms with E-state index in [0.29, 0.717) is 17.2 Å². The molecule has 1 aromatic carbocycles. The van der Waals surface area contributed by atoms with E-state index < -0.39 is 0 Å². The highest BCUT2D eigenvalue weighted by Crippen LogP contribution is 2.18. The molecule has 2 rings (SSSR count). The molecule has 0 radical (unpaired) electrons. The Balaban J connectivity index is 2.07. The summed E-state index contributed by atoms with van der Waals surface area (Å²) in [5.74, 6) is 1.97. The molecule has 0 aliphatic carbocycles. The summed E-state index contributed by atoms with van der Waals surface area (Å²) in [7, 11) is 0. The van der Waals surface area contributed by atoms with Gasteiger partial charge in [0.05, 0.1) is 5.56 Å². The van der Waals surface area contributed by atoms with Crippen LogP contribution in [-0.2, 0) is 6.42 Å². The Hall–Kier alpha value is -2.03. The van der Waals surface area contributed by atoms with Crippen LogP contribution in [0.4, 0.5) is 5.69 Å². The van der Waals surface area contributed by atoms with Crippen molar-refractivity contribution in [1.29, 1.82) is 0 Å². The smallest absolute Gasteiger partial charge is 0.259 e. The zero-order valence-electron chi connectivity index (χ0n) is 13.2. The largest absolute Gasteiger partial charge is 0.466 e. The van der Waals surface area contributed by atoms with Gasteiger partial charge in [-0.15, -0.1) is 0 Å². The van der Waals surface area contributed by atoms with Crippen LogP contribution >= 0.6 is 0 Å². The summed E-state index contributed by atoms with van der Waals surface area (Å²) in [6, 6.07) is 9.82. The number of hydrogen-bond acceptors (Lipinski definition) is 2. The third-order valence-corrected chi connectivity index (χ3v) is 3.48. The van der Waals surface area contributed by atoms with E-state index in [-0.39, 0.29) is 5.91 Å². The van der Waals surface area contributed by atoms with Gasteiger partial charge in [0.25, 0.3) is 5.91 Å². The highest BCUT2D eigenvalue weighted by Gasteiger charge is 2.13. The average Bonchev–Trinajstić information content (AvgIpc) is 2.76. The summed E-state index contributed by atoms with van der Waals surface area (Å²) in [5, 5.41) is 2.94. The Bertz CT molecular complexity index is 626. The summed E-state index contributed by atoms with van der Waals surface area (Å²) in [4.78, 5) is 12.3. The van der Waals surface area contributed by atoms with Crippen LogP contribution in [0.3, 0.4) is 0 Å². The predicted molar refractivity (Wildman–Crippen MR) is 85.7 cm³/mol. The molecule has 1 N–H and O–H groups in total. The number of benzene rings is 1. The molecule has 0 saturated carbocycles. The van der Waals surface area contributed by atoms with Gasteiger partial charge in [0.15, 0.2) is 0 Å². The van der Waals surface area contributed by atoms with Crippen LogP contribution in [0.15, 0.2) is 34.7 Å². The van der Waals surface area contributed by atoms with E-state index in [1.807, 2.05) is 25.1 Å². The van der Waals surface area contributed by atoms with Crippen LogP contribution in [0.2, 0.25) is 0 Å². The van der Waals surface area contributed by atoms with Gasteiger partial charge in [-0.1, -0.05) is 26.0 Å². The van der Waals surface area contributed by atoms with Crippen LogP contribution in [0, 0.1) is 19.8 Å². The second-order valence-electron chi connectivity index (χ2n) is 5.91. The molecule has 2 aromatic rings. The summed E-state index contributed by atoms with van der Waals surface area (Å²) in [5.41, 5.74) is 2.68. The van der Waals surface area contributed by atoms with Crippen molar-refractivity contribution >= 4 is 11.6 Å². The molecule has 3 heteroatoms. The lowest BCUT2D eigenvalue weighted by molar-refractivity contribution is 0.102. The van der Waals surface area contributed by atoms with Gasteiger partial charge in [-0.3, -0.25) is 4.79 Å². The fraction of sp³-hybridized carbons (Fsp3) is 0.389. The highest BCUT2D eigenvalue weighted by atomic mass is 16.3. The van der Waals surface area contributed by atoms with Gasteiger partial charge in [-0.25, -0.2) is 0 Å². The van der Waals surface area contributed by atoms with Crippen LogP contribution in [-0.4, -0.2) is 5.91 Å². The Labute approximate surface area is 126 Å². The number of rotatable bonds is 5. The number of carbonyl (C=O) groups is 1. The van der Waals surface area contributed by atoms with E-state index in [2.05, 4.69) is 25.2 Å². The molecule has 0 atom stereocenters. The Kier molecular flexibility index (Phi) is 4.84. The van der Waals surface area contributed by atoms with Crippen molar-refractivity contribution in [2.45, 2.75) is 40.5 Å². The molecular weight excluding hydrogens is 262 g/mol. The first-order valence-electron chi connectivity index (χ1n) is 7.43. The summed E-state index contributed by atoms with van der Waals surface area (Å²) in [6.45, 7) is 8.09. The molecule has 3 nitrogen and oxygen atoms in total. The van der Waals surface area contributed by atoms with Crippen LogP contribution in [0.1, 0.15) is 47.7 Å². The first-order valence-corrected chi connectivity index (χ1v) is 7.43. The Morgan fingerprint density at radius 3 is 2.62 bits per heavy atom. The van der Waals surface area contributed by atoms with Crippen molar-refractivity contribution in [3.8, 4) is 0 Å². The number of aryl methyl sites for hydroxylation is 3. The van der Waals surface area contributed by atoms with E-state index >= 15 is 0 Å². The molecule has 21 heavy (non-hydrogen) atoms. The van der Waals surface area contributed by atoms with Crippen molar-refractivity contribution in [3.05, 3.63) is 53.0 Å². The summed E-state index contributed by atoms with van der Waals surface area (Å²) < 4.78 is 5.40. The summed E-state index contributed by atoms with van der Waals surface area (Å²) in [6.07, 6.45) is 2.18. The van der Waals surface area contributed by atoms with E-state index in [4.69, 9.17) is 4.42 Å². The molecule has 112 valence electrons. The zero-order chi connectivity index (χ0) is 15.4. The predicted octanol–water partition coefficient (Wildman–Crippen LogP) is 4.74. The van der Waals surface area contributed by atoms with Gasteiger partial charge in [-0.05, 0) is 56.4 Å². The van der Waals surface area contributed by atoms with E-state index in [1.54, 1.807) is 13.0 Å². The number of furan rings is 1. The molecule has 1 amide bonds. The molecule has 0 spiro atoms. The topological polar surface area (TPSA) is 42.2 Å². The first kappa shape index (κ1) is 15.4. The maximum Gasteiger partial charge on any atom is 0.259 e. The highest BCUT2D eigenvalue weighted by molar-refractivity contribution is 6.05. The quantitative estimate of drug-likeness (QED) is 0.862. The van der Waals surface area contributed by atoms with E-state index in [1.165, 1.54) is 5.56 Å². The number of anilines is 1. The maximum absolute atomic E-state index is 12.3. The van der Waals surface area contributed by atoms with Crippen molar-refractivity contribution in [2.24, 2.45) is 5.92 Å². The fourth-order valence-corrected chi connectivity index (χ4v) is 2.31. The molecule has 1 aromatic heterocycles. The third-order valence-electron chi connectivity index (χ3n) is 3.48. The van der Waals surface area contributed by atoms with Gasteiger partial charge in [0, 0.05) is 5.69 Å². The van der Waals surface area contributed by atoms with Crippen LogP contribution in [0.25, 0.3) is 0 Å². The lowest BCUT2D eigenvalue weighted by Gasteiger charge is -2.08. The molecule has 0 aliphatic heterocycles. The zero-order valence-corrected chi connectivity index (χ0v) is 13.2. The monoisotopic (exact) mass is 285 g/mol. The van der Waals surface area contributed by atoms with Crippen molar-refractivity contribution in [3.63, 3.8) is 0 Å². The molecule has 0 fully saturated rings. The van der Waals surface area contributed by atoms with Crippen molar-refractivity contribution in [2.75, 3.05) is 5.32 Å². The van der Waals surface area contributed by atoms with Crippen LogP contribution in [0.5, 0.6) is 0 Å². The summed E-state index contributed by atoms with van der Waals surface area (Å²) >= 11 is 0. The molecule has 0 saturated heterocycles. The molecule has 0 aliphatic rings. The van der Waals surface area contributed by atoms with Gasteiger partial charge in [0.1, 0.15) is 11.5 Å². The number of nitrogens with one attached hydrogen (secondary N) is 1. The molecule has 1 heterocycles. The standard InChI is InChI=1S/C18H23NO2/c1-12(2)8-9-15-6-5-7-16(11-15)19-18(20)17-10-13(3)21-14(17)4/h5-7,10-12H,8-9H2,1-4H3,(H,19,20). The minimum Gasteiger partial charge on any atom is -0.466 e. The van der Waals surface area contributed by atoms with Gasteiger partial charge < -0.3 is 9.73 Å². The second kappa shape index (κ2) is 6.61. The van der Waals surface area contributed by atoms with Crippen molar-refractivity contribution < 1.29 is 9.21 Å². The number of carbonyl (C=O) groups excluding carboxylic acids is 1. The van der Waals surface area contributed by atoms with Gasteiger partial charge in [-0.2, -0.15) is 0 Å². The molecular formula is C18H23NO2. The fourth-order valence-electron chi connectivity index (χ4n) is 2.31. The van der Waals surface area contributed by atoms with Crippen LogP contribution < -0.4 is 5.32 Å². The van der Waals surface area contributed by atoms with Crippen molar-refractivity contribution in [1.82, 2.24) is 0 Å². The van der Waals surface area contributed by atoms with E-state index in [9.17, 15) is 4.79 Å². The lowest BCUT2D eigenvalue weighted by atomic mass is 10.0. The number of amides is 1. The third kappa shape index (κ3) is 4.22. The van der Waals surface area contributed by atoms with Gasteiger partial charge >= 0.3 is 0 Å². The first-order chi connectivity index (χ1) is 9.95. The minimum absolute atomic E-state index is 0.120. The maximum atomic E-state index is 12.3. The molecule has 0 unspecified atom stereocenters. The Morgan fingerprint density at radius 1 is 1.24 bits per heavy atom. The molecule has 0 bridgehead atoms. The average molecular weight is 285 g/mol.